The lowest BCUT2D eigenvalue weighted by atomic mass is 10.0. The third-order valence-electron chi connectivity index (χ3n) is 4.17. The van der Waals surface area contributed by atoms with Crippen LogP contribution in [0.15, 0.2) is 77.8 Å². The standard InChI is InChI=1S/C23H19N3O.C2H6/c1-16-8-6-7-11-20(16)22(25-2)23(27)17-12-13-21(18(14-17)15-24)26-19-9-4-3-5-10-19;1-2/h3-15,24,26H,1-2H2;1-2H3/b22-20-,24-15?;. The van der Waals surface area contributed by atoms with Crippen molar-refractivity contribution in [3.63, 3.8) is 0 Å². The van der Waals surface area contributed by atoms with Crippen LogP contribution in [0, 0.1) is 5.41 Å². The Labute approximate surface area is 171 Å². The molecule has 0 radical (unpaired) electrons. The number of Topliss-reactive ketones (excluding diaryl/α,β-unsaturated/α-hetero) is 1. The molecule has 3 rings (SSSR count). The number of rotatable bonds is 6. The zero-order chi connectivity index (χ0) is 21.2. The summed E-state index contributed by atoms with van der Waals surface area (Å²) in [6.07, 6.45) is 1.22. The van der Waals surface area contributed by atoms with Crippen molar-refractivity contribution in [2.45, 2.75) is 13.8 Å². The lowest BCUT2D eigenvalue weighted by Crippen LogP contribution is -2.27. The summed E-state index contributed by atoms with van der Waals surface area (Å²) in [5.74, 6) is -0.254. The molecule has 0 spiro atoms. The number of hydrogen-bond donors (Lipinski definition) is 2. The van der Waals surface area contributed by atoms with Crippen molar-refractivity contribution in [3.05, 3.63) is 94.4 Å². The third kappa shape index (κ3) is 5.14. The molecule has 3 aromatic carbocycles. The average molecular weight is 383 g/mol. The van der Waals surface area contributed by atoms with Gasteiger partial charge in [-0.05, 0) is 42.3 Å². The topological polar surface area (TPSA) is 65.3 Å². The van der Waals surface area contributed by atoms with Gasteiger partial charge in [-0.15, -0.1) is 0 Å². The van der Waals surface area contributed by atoms with Crippen molar-refractivity contribution < 1.29 is 4.79 Å². The minimum atomic E-state index is -0.254. The van der Waals surface area contributed by atoms with Gasteiger partial charge < -0.3 is 10.7 Å². The molecule has 0 fully saturated rings. The first kappa shape index (κ1) is 21.5. The van der Waals surface area contributed by atoms with Crippen LogP contribution in [0.1, 0.15) is 29.8 Å². The van der Waals surface area contributed by atoms with Gasteiger partial charge in [0.1, 0.15) is 5.70 Å². The Bertz CT molecular complexity index is 1120. The van der Waals surface area contributed by atoms with Crippen LogP contribution in [0.25, 0.3) is 12.3 Å². The average Bonchev–Trinajstić information content (AvgIpc) is 2.78. The number of benzene rings is 3. The maximum atomic E-state index is 13.0. The van der Waals surface area contributed by atoms with Crippen LogP contribution in [-0.2, 0) is 0 Å². The number of carbonyl (C=O) groups excluding carboxylic acids is 1. The van der Waals surface area contributed by atoms with E-state index < -0.39 is 0 Å². The van der Waals surface area contributed by atoms with E-state index in [2.05, 4.69) is 23.6 Å². The monoisotopic (exact) mass is 383 g/mol. The molecule has 0 saturated heterocycles. The fourth-order valence-electron chi connectivity index (χ4n) is 2.78. The fraction of sp³-hybridized carbons (Fsp3) is 0.0800. The molecular weight excluding hydrogens is 358 g/mol. The Morgan fingerprint density at radius 3 is 2.28 bits per heavy atom. The summed E-state index contributed by atoms with van der Waals surface area (Å²) in [7, 11) is 0. The molecule has 4 heteroatoms. The molecule has 0 aliphatic heterocycles. The molecule has 4 nitrogen and oxygen atoms in total. The van der Waals surface area contributed by atoms with Crippen LogP contribution >= 0.6 is 0 Å². The Morgan fingerprint density at radius 2 is 1.66 bits per heavy atom. The zero-order valence-electron chi connectivity index (χ0n) is 16.8. The molecule has 0 aliphatic rings. The first-order valence-electron chi connectivity index (χ1n) is 9.40. The number of ketones is 1. The van der Waals surface area contributed by atoms with Crippen molar-refractivity contribution in [3.8, 4) is 0 Å². The highest BCUT2D eigenvalue weighted by Crippen LogP contribution is 2.22. The number of nitrogens with one attached hydrogen (secondary N) is 2. The van der Waals surface area contributed by atoms with Crippen LogP contribution in [0.2, 0.25) is 0 Å². The molecule has 0 aromatic heterocycles. The second-order valence-corrected chi connectivity index (χ2v) is 5.93. The zero-order valence-corrected chi connectivity index (χ0v) is 16.8. The van der Waals surface area contributed by atoms with Crippen LogP contribution < -0.4 is 15.8 Å². The Kier molecular flexibility index (Phi) is 7.80. The maximum absolute atomic E-state index is 13.0. The number of anilines is 2. The summed E-state index contributed by atoms with van der Waals surface area (Å²) in [5, 5.41) is 12.3. The second-order valence-electron chi connectivity index (χ2n) is 5.93. The molecule has 0 bridgehead atoms. The SMILES string of the molecule is C=N/C(C(=O)c1ccc(Nc2ccccc2)c(C=N)c1)=c1/ccccc1=C.CC. The van der Waals surface area contributed by atoms with Crippen molar-refractivity contribution >= 4 is 42.4 Å². The van der Waals surface area contributed by atoms with E-state index in [1.54, 1.807) is 24.3 Å². The van der Waals surface area contributed by atoms with Crippen LogP contribution in [0.4, 0.5) is 11.4 Å². The maximum Gasteiger partial charge on any atom is 0.211 e. The van der Waals surface area contributed by atoms with Crippen molar-refractivity contribution in [1.29, 1.82) is 5.41 Å². The molecule has 3 aromatic rings. The molecule has 146 valence electrons. The quantitative estimate of drug-likeness (QED) is 0.484. The molecule has 0 atom stereocenters. The second kappa shape index (κ2) is 10.5. The largest absolute Gasteiger partial charge is 0.355 e. The molecule has 0 heterocycles. The van der Waals surface area contributed by atoms with Crippen molar-refractivity contribution in [2.75, 3.05) is 5.32 Å². The van der Waals surface area contributed by atoms with Gasteiger partial charge in [0, 0.05) is 33.9 Å². The van der Waals surface area contributed by atoms with Gasteiger partial charge >= 0.3 is 0 Å². The number of hydrogen-bond acceptors (Lipinski definition) is 4. The smallest absolute Gasteiger partial charge is 0.211 e. The van der Waals surface area contributed by atoms with E-state index in [0.717, 1.165) is 11.4 Å². The van der Waals surface area contributed by atoms with E-state index in [4.69, 9.17) is 5.41 Å². The number of para-hydroxylation sites is 1. The number of carbonyl (C=O) groups is 1. The summed E-state index contributed by atoms with van der Waals surface area (Å²) >= 11 is 0. The molecule has 0 amide bonds. The van der Waals surface area contributed by atoms with Crippen molar-refractivity contribution in [2.24, 2.45) is 4.99 Å². The lowest BCUT2D eigenvalue weighted by molar-refractivity contribution is 0.105. The molecule has 0 saturated carbocycles. The van der Waals surface area contributed by atoms with Gasteiger partial charge in [0.15, 0.2) is 0 Å². The van der Waals surface area contributed by atoms with Gasteiger partial charge in [0.25, 0.3) is 0 Å². The molecule has 0 aliphatic carbocycles. The molecule has 29 heavy (non-hydrogen) atoms. The normalized spacial score (nSPS) is 10.8. The summed E-state index contributed by atoms with van der Waals surface area (Å²) in [4.78, 5) is 16.9. The first-order chi connectivity index (χ1) is 14.1. The molecular formula is C25H25N3O. The first-order valence-corrected chi connectivity index (χ1v) is 9.40. The predicted molar refractivity (Wildman–Crippen MR) is 124 cm³/mol. The van der Waals surface area contributed by atoms with Gasteiger partial charge in [-0.3, -0.25) is 9.79 Å². The van der Waals surface area contributed by atoms with Crippen LogP contribution in [0.3, 0.4) is 0 Å². The van der Waals surface area contributed by atoms with Crippen molar-refractivity contribution in [1.82, 2.24) is 0 Å². The van der Waals surface area contributed by atoms with E-state index in [-0.39, 0.29) is 11.5 Å². The van der Waals surface area contributed by atoms with E-state index in [1.165, 1.54) is 6.21 Å². The van der Waals surface area contributed by atoms with Gasteiger partial charge in [0.2, 0.25) is 5.78 Å². The summed E-state index contributed by atoms with van der Waals surface area (Å²) < 4.78 is 0. The molecule has 2 N–H and O–H groups in total. The number of aliphatic imine (C=N–C) groups is 1. The molecule has 0 unspecified atom stereocenters. The van der Waals surface area contributed by atoms with E-state index in [1.807, 2.05) is 62.4 Å². The highest BCUT2D eigenvalue weighted by atomic mass is 16.1. The lowest BCUT2D eigenvalue weighted by Gasteiger charge is -2.11. The Balaban J connectivity index is 0.00000145. The summed E-state index contributed by atoms with van der Waals surface area (Å²) in [5.41, 5.74) is 2.96. The van der Waals surface area contributed by atoms with Gasteiger partial charge in [-0.2, -0.15) is 0 Å². The van der Waals surface area contributed by atoms with E-state index >= 15 is 0 Å². The Hall–Kier alpha value is -3.79. The third-order valence-corrected chi connectivity index (χ3v) is 4.17. The fourth-order valence-corrected chi connectivity index (χ4v) is 2.78. The van der Waals surface area contributed by atoms with Crippen LogP contribution in [0.5, 0.6) is 0 Å². The van der Waals surface area contributed by atoms with Crippen LogP contribution in [-0.4, -0.2) is 18.7 Å². The minimum absolute atomic E-state index is 0.250. The highest BCUT2D eigenvalue weighted by Gasteiger charge is 2.14. The summed E-state index contributed by atoms with van der Waals surface area (Å²) in [6.45, 7) is 11.5. The van der Waals surface area contributed by atoms with E-state index in [9.17, 15) is 4.79 Å². The Morgan fingerprint density at radius 1 is 1.00 bits per heavy atom. The highest BCUT2D eigenvalue weighted by molar-refractivity contribution is 6.24. The van der Waals surface area contributed by atoms with Gasteiger partial charge in [-0.25, -0.2) is 0 Å². The predicted octanol–water partition coefficient (Wildman–Crippen LogP) is 4.56. The summed E-state index contributed by atoms with van der Waals surface area (Å²) in [6, 6.07) is 22.2. The minimum Gasteiger partial charge on any atom is -0.355 e. The number of nitrogens with zero attached hydrogens (tertiary/aromatic N) is 1. The van der Waals surface area contributed by atoms with Gasteiger partial charge in [-0.1, -0.05) is 62.9 Å². The van der Waals surface area contributed by atoms with E-state index in [0.29, 0.717) is 21.6 Å². The van der Waals surface area contributed by atoms with Gasteiger partial charge in [0.05, 0.1) is 0 Å².